The number of nitrogens with zero attached hydrogens (tertiary/aromatic N) is 2. The van der Waals surface area contributed by atoms with Crippen molar-refractivity contribution in [2.45, 2.75) is 38.8 Å². The number of halogens is 1. The first-order valence-corrected chi connectivity index (χ1v) is 15.4. The molecule has 0 unspecified atom stereocenters. The van der Waals surface area contributed by atoms with Crippen molar-refractivity contribution in [3.63, 3.8) is 0 Å². The van der Waals surface area contributed by atoms with Gasteiger partial charge in [0.15, 0.2) is 0 Å². The third-order valence-electron chi connectivity index (χ3n) is 6.37. The van der Waals surface area contributed by atoms with Crippen molar-refractivity contribution in [3.8, 4) is 5.75 Å². The minimum Gasteiger partial charge on any atom is -0.492 e. The number of anilines is 1. The van der Waals surface area contributed by atoms with Crippen LogP contribution in [0.5, 0.6) is 5.75 Å². The number of nitrogens with one attached hydrogen (secondary N) is 1. The number of benzene rings is 3. The molecule has 0 aromatic heterocycles. The Bertz CT molecular complexity index is 1370. The van der Waals surface area contributed by atoms with Gasteiger partial charge in [-0.15, -0.1) is 0 Å². The van der Waals surface area contributed by atoms with E-state index in [2.05, 4.69) is 5.32 Å². The summed E-state index contributed by atoms with van der Waals surface area (Å²) in [6.45, 7) is 2.49. The number of sulfonamides is 1. The Kier molecular flexibility index (Phi) is 11.4. The first kappa shape index (κ1) is 31.0. The predicted molar refractivity (Wildman–Crippen MR) is 159 cm³/mol. The number of likely N-dealkylation sites (N-methyl/N-ethyl adjacent to an activating group) is 1. The normalized spacial score (nSPS) is 11.9. The Hall–Kier alpha value is -3.56. The number of ether oxygens (including phenoxy) is 1. The van der Waals surface area contributed by atoms with Crippen LogP contribution in [0.25, 0.3) is 0 Å². The van der Waals surface area contributed by atoms with E-state index in [1.807, 2.05) is 49.4 Å². The van der Waals surface area contributed by atoms with Crippen LogP contribution in [-0.4, -0.2) is 57.6 Å². The zero-order valence-electron chi connectivity index (χ0n) is 23.0. The predicted octanol–water partition coefficient (Wildman–Crippen LogP) is 4.67. The summed E-state index contributed by atoms with van der Waals surface area (Å²) in [4.78, 5) is 28.4. The lowest BCUT2D eigenvalue weighted by Crippen LogP contribution is -2.49. The van der Waals surface area contributed by atoms with Gasteiger partial charge in [0.05, 0.1) is 18.6 Å². The second kappa shape index (κ2) is 14.7. The molecule has 0 saturated carbocycles. The molecule has 10 heteroatoms. The van der Waals surface area contributed by atoms with Gasteiger partial charge in [0, 0.05) is 38.0 Å². The molecule has 214 valence electrons. The summed E-state index contributed by atoms with van der Waals surface area (Å²) >= 11 is 6.06. The highest BCUT2D eigenvalue weighted by Crippen LogP contribution is 2.30. The SMILES string of the molecule is CCOc1ccccc1N(CCCC(=O)N(Cc1ccc(Cl)cc1)[C@@H](Cc1ccccc1)C(=O)NC)S(C)(=O)=O. The molecule has 0 spiro atoms. The second-order valence-corrected chi connectivity index (χ2v) is 11.7. The van der Waals surface area contributed by atoms with Crippen molar-refractivity contribution >= 4 is 39.1 Å². The topological polar surface area (TPSA) is 96.0 Å². The van der Waals surface area contributed by atoms with Gasteiger partial charge in [-0.1, -0.05) is 66.2 Å². The van der Waals surface area contributed by atoms with Gasteiger partial charge >= 0.3 is 0 Å². The van der Waals surface area contributed by atoms with E-state index in [0.717, 1.165) is 17.4 Å². The second-order valence-electron chi connectivity index (χ2n) is 9.31. The molecular formula is C30H36ClN3O5S. The Morgan fingerprint density at radius 2 is 1.60 bits per heavy atom. The fourth-order valence-corrected chi connectivity index (χ4v) is 5.53. The average Bonchev–Trinajstić information content (AvgIpc) is 2.94. The highest BCUT2D eigenvalue weighted by molar-refractivity contribution is 7.92. The highest BCUT2D eigenvalue weighted by Gasteiger charge is 2.30. The van der Waals surface area contributed by atoms with E-state index in [9.17, 15) is 18.0 Å². The van der Waals surface area contributed by atoms with Crippen molar-refractivity contribution in [1.29, 1.82) is 0 Å². The summed E-state index contributed by atoms with van der Waals surface area (Å²) in [5.41, 5.74) is 2.16. The van der Waals surface area contributed by atoms with Gasteiger partial charge in [-0.2, -0.15) is 0 Å². The summed E-state index contributed by atoms with van der Waals surface area (Å²) in [5, 5.41) is 3.27. The Labute approximate surface area is 241 Å². The van der Waals surface area contributed by atoms with Crippen LogP contribution in [-0.2, 0) is 32.6 Å². The average molecular weight is 586 g/mol. The molecule has 3 aromatic rings. The highest BCUT2D eigenvalue weighted by atomic mass is 35.5. The van der Waals surface area contributed by atoms with Gasteiger partial charge in [-0.3, -0.25) is 13.9 Å². The number of hydrogen-bond acceptors (Lipinski definition) is 5. The quantitative estimate of drug-likeness (QED) is 0.297. The molecule has 1 atom stereocenters. The molecule has 40 heavy (non-hydrogen) atoms. The van der Waals surface area contributed by atoms with Crippen molar-refractivity contribution in [1.82, 2.24) is 10.2 Å². The standard InChI is InChI=1S/C30H36ClN3O5S/c1-4-39-28-14-9-8-13-26(28)34(40(3,37)38)20-10-15-29(35)33(22-24-16-18-25(31)19-17-24)27(30(36)32-2)21-23-11-6-5-7-12-23/h5-9,11-14,16-19,27H,4,10,15,20-22H2,1-3H3,(H,32,36)/t27-/m0/s1. The number of amides is 2. The minimum atomic E-state index is -3.65. The third kappa shape index (κ3) is 8.72. The van der Waals surface area contributed by atoms with Crippen LogP contribution in [0.4, 0.5) is 5.69 Å². The van der Waals surface area contributed by atoms with Crippen molar-refractivity contribution in [3.05, 3.63) is 95.0 Å². The molecule has 0 bridgehead atoms. The van der Waals surface area contributed by atoms with Gasteiger partial charge in [0.25, 0.3) is 0 Å². The van der Waals surface area contributed by atoms with Crippen LogP contribution in [0.1, 0.15) is 30.9 Å². The molecule has 0 aliphatic heterocycles. The van der Waals surface area contributed by atoms with E-state index >= 15 is 0 Å². The summed E-state index contributed by atoms with van der Waals surface area (Å²) in [6.07, 6.45) is 1.75. The van der Waals surface area contributed by atoms with Gasteiger partial charge < -0.3 is 15.0 Å². The molecule has 0 radical (unpaired) electrons. The van der Waals surface area contributed by atoms with E-state index in [1.165, 1.54) is 4.31 Å². The molecular weight excluding hydrogens is 550 g/mol. The minimum absolute atomic E-state index is 0.0404. The first-order valence-electron chi connectivity index (χ1n) is 13.1. The van der Waals surface area contributed by atoms with Gasteiger partial charge in [0.1, 0.15) is 11.8 Å². The zero-order valence-corrected chi connectivity index (χ0v) is 24.6. The Morgan fingerprint density at radius 3 is 2.23 bits per heavy atom. The third-order valence-corrected chi connectivity index (χ3v) is 7.80. The van der Waals surface area contributed by atoms with Gasteiger partial charge in [-0.05, 0) is 48.7 Å². The molecule has 0 saturated heterocycles. The largest absolute Gasteiger partial charge is 0.492 e. The van der Waals surface area contributed by atoms with Crippen LogP contribution in [0, 0.1) is 0 Å². The number of hydrogen-bond donors (Lipinski definition) is 1. The molecule has 0 aliphatic carbocycles. The fourth-order valence-electron chi connectivity index (χ4n) is 4.43. The number of carbonyl (C=O) groups is 2. The van der Waals surface area contributed by atoms with E-state index < -0.39 is 16.1 Å². The van der Waals surface area contributed by atoms with Crippen LogP contribution < -0.4 is 14.4 Å². The summed E-state index contributed by atoms with van der Waals surface area (Å²) in [6, 6.07) is 22.8. The van der Waals surface area contributed by atoms with E-state index in [4.69, 9.17) is 16.3 Å². The lowest BCUT2D eigenvalue weighted by atomic mass is 10.0. The zero-order chi connectivity index (χ0) is 29.1. The van der Waals surface area contributed by atoms with Crippen LogP contribution in [0.15, 0.2) is 78.9 Å². The molecule has 1 N–H and O–H groups in total. The monoisotopic (exact) mass is 585 g/mol. The fraction of sp³-hybridized carbons (Fsp3) is 0.333. The summed E-state index contributed by atoms with van der Waals surface area (Å²) in [5.74, 6) is -0.0887. The summed E-state index contributed by atoms with van der Waals surface area (Å²) < 4.78 is 32.3. The Balaban J connectivity index is 1.85. The van der Waals surface area contributed by atoms with Gasteiger partial charge in [0.2, 0.25) is 21.8 Å². The lowest BCUT2D eigenvalue weighted by Gasteiger charge is -2.31. The molecule has 3 aromatic carbocycles. The van der Waals surface area contributed by atoms with Crippen LogP contribution in [0.2, 0.25) is 5.02 Å². The molecule has 0 heterocycles. The lowest BCUT2D eigenvalue weighted by molar-refractivity contribution is -0.141. The molecule has 2 amide bonds. The maximum Gasteiger partial charge on any atom is 0.242 e. The maximum atomic E-state index is 13.7. The van der Waals surface area contributed by atoms with Gasteiger partial charge in [-0.25, -0.2) is 8.42 Å². The number of para-hydroxylation sites is 2. The van der Waals surface area contributed by atoms with E-state index in [0.29, 0.717) is 29.5 Å². The van der Waals surface area contributed by atoms with E-state index in [1.54, 1.807) is 48.3 Å². The van der Waals surface area contributed by atoms with Crippen LogP contribution >= 0.6 is 11.6 Å². The maximum absolute atomic E-state index is 13.7. The molecule has 8 nitrogen and oxygen atoms in total. The van der Waals surface area contributed by atoms with Crippen molar-refractivity contribution in [2.75, 3.05) is 30.8 Å². The number of carbonyl (C=O) groups excluding carboxylic acids is 2. The smallest absolute Gasteiger partial charge is 0.242 e. The Morgan fingerprint density at radius 1 is 0.950 bits per heavy atom. The molecule has 3 rings (SSSR count). The summed E-state index contributed by atoms with van der Waals surface area (Å²) in [7, 11) is -2.11. The van der Waals surface area contributed by atoms with Crippen molar-refractivity contribution < 1.29 is 22.7 Å². The number of rotatable bonds is 14. The molecule has 0 aliphatic rings. The van der Waals surface area contributed by atoms with Crippen LogP contribution in [0.3, 0.4) is 0 Å². The van der Waals surface area contributed by atoms with Crippen molar-refractivity contribution in [2.24, 2.45) is 0 Å². The molecule has 0 fully saturated rings. The first-order chi connectivity index (χ1) is 19.1. The van der Waals surface area contributed by atoms with E-state index in [-0.39, 0.29) is 37.7 Å².